The van der Waals surface area contributed by atoms with E-state index in [-0.39, 0.29) is 0 Å². The summed E-state index contributed by atoms with van der Waals surface area (Å²) in [5.74, 6) is 1.43. The molecule has 11 heavy (non-hydrogen) atoms. The first kappa shape index (κ1) is 7.98. The van der Waals surface area contributed by atoms with E-state index in [1.54, 1.807) is 7.11 Å². The predicted octanol–water partition coefficient (Wildman–Crippen LogP) is 1.41. The lowest BCUT2D eigenvalue weighted by Crippen LogP contribution is -1.99. The second kappa shape index (κ2) is 2.86. The highest BCUT2D eigenvalue weighted by Crippen LogP contribution is 2.15. The van der Waals surface area contributed by atoms with E-state index in [1.807, 2.05) is 20.8 Å². The van der Waals surface area contributed by atoms with Crippen molar-refractivity contribution in [2.24, 2.45) is 0 Å². The van der Waals surface area contributed by atoms with Crippen molar-refractivity contribution in [3.05, 3.63) is 17.1 Å². The molecule has 0 aliphatic rings. The van der Waals surface area contributed by atoms with Gasteiger partial charge in [-0.15, -0.1) is 0 Å². The molecule has 3 heteroatoms. The fraction of sp³-hybridized carbons (Fsp3) is 0.500. The van der Waals surface area contributed by atoms with Gasteiger partial charge in [-0.25, -0.2) is 4.98 Å². The lowest BCUT2D eigenvalue weighted by molar-refractivity contribution is 0.391. The second-order valence-electron chi connectivity index (χ2n) is 2.49. The predicted molar refractivity (Wildman–Crippen MR) is 42.8 cm³/mol. The third-order valence-electron chi connectivity index (χ3n) is 1.65. The van der Waals surface area contributed by atoms with Gasteiger partial charge in [0, 0.05) is 11.3 Å². The summed E-state index contributed by atoms with van der Waals surface area (Å²) in [7, 11) is 1.62. The third-order valence-corrected chi connectivity index (χ3v) is 1.65. The highest BCUT2D eigenvalue weighted by molar-refractivity contribution is 5.28. The molecule has 0 bridgehead atoms. The van der Waals surface area contributed by atoms with Gasteiger partial charge in [-0.05, 0) is 20.8 Å². The van der Waals surface area contributed by atoms with Gasteiger partial charge in [-0.3, -0.25) is 0 Å². The molecule has 1 aromatic rings. The molecule has 0 saturated heterocycles. The quantitative estimate of drug-likeness (QED) is 0.610. The van der Waals surface area contributed by atoms with Crippen molar-refractivity contribution in [1.29, 1.82) is 0 Å². The van der Waals surface area contributed by atoms with Crippen molar-refractivity contribution in [2.75, 3.05) is 7.11 Å². The molecule has 0 N–H and O–H groups in total. The van der Waals surface area contributed by atoms with Crippen LogP contribution in [0.4, 0.5) is 0 Å². The van der Waals surface area contributed by atoms with Crippen LogP contribution in [0.25, 0.3) is 0 Å². The van der Waals surface area contributed by atoms with E-state index in [2.05, 4.69) is 9.97 Å². The van der Waals surface area contributed by atoms with Gasteiger partial charge in [0.15, 0.2) is 0 Å². The summed E-state index contributed by atoms with van der Waals surface area (Å²) in [6, 6.07) is 0. The van der Waals surface area contributed by atoms with E-state index in [9.17, 15) is 0 Å². The number of aromatic nitrogens is 2. The Morgan fingerprint density at radius 2 is 1.73 bits per heavy atom. The van der Waals surface area contributed by atoms with E-state index in [4.69, 9.17) is 4.74 Å². The zero-order valence-electron chi connectivity index (χ0n) is 7.30. The number of ether oxygens (including phenoxy) is 1. The van der Waals surface area contributed by atoms with Crippen LogP contribution in [-0.4, -0.2) is 17.1 Å². The van der Waals surface area contributed by atoms with Gasteiger partial charge in [-0.1, -0.05) is 0 Å². The van der Waals surface area contributed by atoms with E-state index >= 15 is 0 Å². The van der Waals surface area contributed by atoms with Crippen LogP contribution in [0.15, 0.2) is 0 Å². The summed E-state index contributed by atoms with van der Waals surface area (Å²) in [6.45, 7) is 5.76. The molecule has 0 aliphatic carbocycles. The Labute approximate surface area is 66.4 Å². The van der Waals surface area contributed by atoms with Crippen molar-refractivity contribution in [3.63, 3.8) is 0 Å². The average Bonchev–Trinajstić information content (AvgIpc) is 1.96. The van der Waals surface area contributed by atoms with E-state index < -0.39 is 0 Å². The van der Waals surface area contributed by atoms with Crippen LogP contribution in [0.1, 0.15) is 17.1 Å². The van der Waals surface area contributed by atoms with Crippen molar-refractivity contribution in [2.45, 2.75) is 20.8 Å². The Morgan fingerprint density at radius 3 is 2.27 bits per heavy atom. The standard InChI is InChI=1S/C8H12N2O/c1-5-6(2)9-7(3)10-8(5)11-4/h1-4H3. The van der Waals surface area contributed by atoms with E-state index in [0.717, 1.165) is 17.1 Å². The molecule has 0 aromatic carbocycles. The van der Waals surface area contributed by atoms with Crippen LogP contribution in [0.5, 0.6) is 5.88 Å². The molecule has 0 atom stereocenters. The smallest absolute Gasteiger partial charge is 0.219 e. The van der Waals surface area contributed by atoms with Crippen LogP contribution in [-0.2, 0) is 0 Å². The van der Waals surface area contributed by atoms with Gasteiger partial charge >= 0.3 is 0 Å². The minimum Gasteiger partial charge on any atom is -0.481 e. The van der Waals surface area contributed by atoms with Gasteiger partial charge in [0.05, 0.1) is 7.11 Å². The number of nitrogens with zero attached hydrogens (tertiary/aromatic N) is 2. The van der Waals surface area contributed by atoms with Gasteiger partial charge in [0.1, 0.15) is 5.82 Å². The zero-order chi connectivity index (χ0) is 8.43. The third kappa shape index (κ3) is 1.48. The largest absolute Gasteiger partial charge is 0.481 e. The molecule has 1 aromatic heterocycles. The number of aryl methyl sites for hydroxylation is 2. The van der Waals surface area contributed by atoms with Crippen molar-refractivity contribution >= 4 is 0 Å². The molecular weight excluding hydrogens is 140 g/mol. The summed E-state index contributed by atoms with van der Waals surface area (Å²) in [5, 5.41) is 0. The van der Waals surface area contributed by atoms with Gasteiger partial charge < -0.3 is 4.74 Å². The second-order valence-corrected chi connectivity index (χ2v) is 2.49. The SMILES string of the molecule is COc1nc(C)nc(C)c1C. The Hall–Kier alpha value is -1.12. The maximum absolute atomic E-state index is 5.06. The first-order valence-corrected chi connectivity index (χ1v) is 3.51. The van der Waals surface area contributed by atoms with Gasteiger partial charge in [0.25, 0.3) is 0 Å². The van der Waals surface area contributed by atoms with Crippen molar-refractivity contribution < 1.29 is 4.74 Å². The van der Waals surface area contributed by atoms with Crippen LogP contribution in [0.3, 0.4) is 0 Å². The first-order valence-electron chi connectivity index (χ1n) is 3.51. The van der Waals surface area contributed by atoms with Crippen LogP contribution in [0.2, 0.25) is 0 Å². The molecule has 0 aliphatic heterocycles. The summed E-state index contributed by atoms with van der Waals surface area (Å²) >= 11 is 0. The molecule has 0 unspecified atom stereocenters. The van der Waals surface area contributed by atoms with Crippen molar-refractivity contribution in [3.8, 4) is 5.88 Å². The fourth-order valence-corrected chi connectivity index (χ4v) is 0.936. The summed E-state index contributed by atoms with van der Waals surface area (Å²) in [6.07, 6.45) is 0. The number of hydrogen-bond acceptors (Lipinski definition) is 3. The number of methoxy groups -OCH3 is 1. The Bertz CT molecular complexity index is 271. The molecule has 0 spiro atoms. The minimum atomic E-state index is 0.676. The van der Waals surface area contributed by atoms with E-state index in [0.29, 0.717) is 5.88 Å². The maximum atomic E-state index is 5.06. The molecule has 0 saturated carbocycles. The Morgan fingerprint density at radius 1 is 1.09 bits per heavy atom. The minimum absolute atomic E-state index is 0.676. The molecule has 1 heterocycles. The lowest BCUT2D eigenvalue weighted by atomic mass is 10.2. The topological polar surface area (TPSA) is 35.0 Å². The monoisotopic (exact) mass is 152 g/mol. The molecule has 60 valence electrons. The summed E-state index contributed by atoms with van der Waals surface area (Å²) < 4.78 is 5.06. The molecule has 1 rings (SSSR count). The molecule has 0 amide bonds. The first-order chi connectivity index (χ1) is 5.15. The number of hydrogen-bond donors (Lipinski definition) is 0. The lowest BCUT2D eigenvalue weighted by Gasteiger charge is -2.05. The highest BCUT2D eigenvalue weighted by atomic mass is 16.5. The Balaban J connectivity index is 3.24. The maximum Gasteiger partial charge on any atom is 0.219 e. The normalized spacial score (nSPS) is 9.82. The molecule has 0 radical (unpaired) electrons. The fourth-order valence-electron chi connectivity index (χ4n) is 0.936. The molecular formula is C8H12N2O. The van der Waals surface area contributed by atoms with Crippen LogP contribution in [0, 0.1) is 20.8 Å². The molecule has 0 fully saturated rings. The molecule has 3 nitrogen and oxygen atoms in total. The van der Waals surface area contributed by atoms with E-state index in [1.165, 1.54) is 0 Å². The van der Waals surface area contributed by atoms with Crippen LogP contribution < -0.4 is 4.74 Å². The number of rotatable bonds is 1. The summed E-state index contributed by atoms with van der Waals surface area (Å²) in [4.78, 5) is 8.31. The Kier molecular flexibility index (Phi) is 2.08. The van der Waals surface area contributed by atoms with Crippen molar-refractivity contribution in [1.82, 2.24) is 9.97 Å². The highest BCUT2D eigenvalue weighted by Gasteiger charge is 2.04. The zero-order valence-corrected chi connectivity index (χ0v) is 7.30. The van der Waals surface area contributed by atoms with Crippen LogP contribution >= 0.6 is 0 Å². The summed E-state index contributed by atoms with van der Waals surface area (Å²) in [5.41, 5.74) is 1.99. The average molecular weight is 152 g/mol. The van der Waals surface area contributed by atoms with Gasteiger partial charge in [-0.2, -0.15) is 4.98 Å². The van der Waals surface area contributed by atoms with Gasteiger partial charge in [0.2, 0.25) is 5.88 Å².